The van der Waals surface area contributed by atoms with E-state index >= 15 is 0 Å². The molecule has 0 saturated carbocycles. The number of hydrogen-bond acceptors (Lipinski definition) is 2. The molecule has 0 fully saturated rings. The summed E-state index contributed by atoms with van der Waals surface area (Å²) in [6.07, 6.45) is 1.95. The van der Waals surface area contributed by atoms with Gasteiger partial charge in [0.2, 0.25) is 0 Å². The van der Waals surface area contributed by atoms with Crippen molar-refractivity contribution in [1.82, 2.24) is 4.98 Å². The van der Waals surface area contributed by atoms with Crippen LogP contribution >= 0.6 is 0 Å². The molecule has 0 unspecified atom stereocenters. The SMILES string of the molecule is CC(C)(CON)c1cccc2cc[nH]c12. The van der Waals surface area contributed by atoms with Crippen LogP contribution in [0.5, 0.6) is 0 Å². The quantitative estimate of drug-likeness (QED) is 0.754. The minimum Gasteiger partial charge on any atom is -0.361 e. The maximum Gasteiger partial charge on any atom is 0.0771 e. The van der Waals surface area contributed by atoms with Crippen molar-refractivity contribution in [3.8, 4) is 0 Å². The van der Waals surface area contributed by atoms with E-state index in [2.05, 4.69) is 43.1 Å². The summed E-state index contributed by atoms with van der Waals surface area (Å²) in [6.45, 7) is 4.75. The van der Waals surface area contributed by atoms with Crippen molar-refractivity contribution < 1.29 is 4.84 Å². The summed E-state index contributed by atoms with van der Waals surface area (Å²) in [4.78, 5) is 8.03. The molecule has 0 saturated heterocycles. The summed E-state index contributed by atoms with van der Waals surface area (Å²) in [7, 11) is 0. The van der Waals surface area contributed by atoms with Crippen LogP contribution in [0.1, 0.15) is 19.4 Å². The summed E-state index contributed by atoms with van der Waals surface area (Å²) in [5, 5.41) is 1.22. The lowest BCUT2D eigenvalue weighted by Gasteiger charge is -2.24. The number of aromatic nitrogens is 1. The summed E-state index contributed by atoms with van der Waals surface area (Å²) in [6, 6.07) is 8.33. The Hall–Kier alpha value is -1.32. The Bertz CT molecular complexity index is 459. The second-order valence-corrected chi connectivity index (χ2v) is 4.44. The maximum absolute atomic E-state index is 5.16. The smallest absolute Gasteiger partial charge is 0.0771 e. The van der Waals surface area contributed by atoms with Gasteiger partial charge in [0.15, 0.2) is 0 Å². The number of hydrogen-bond donors (Lipinski definition) is 2. The number of fused-ring (bicyclic) bond motifs is 1. The van der Waals surface area contributed by atoms with Crippen LogP contribution < -0.4 is 5.90 Å². The van der Waals surface area contributed by atoms with E-state index in [0.29, 0.717) is 6.61 Å². The summed E-state index contributed by atoms with van der Waals surface area (Å²) >= 11 is 0. The number of benzene rings is 1. The lowest BCUT2D eigenvalue weighted by atomic mass is 9.84. The first-order valence-corrected chi connectivity index (χ1v) is 5.03. The van der Waals surface area contributed by atoms with Gasteiger partial charge in [0.25, 0.3) is 0 Å². The molecule has 0 spiro atoms. The lowest BCUT2D eigenvalue weighted by molar-refractivity contribution is 0.0968. The second-order valence-electron chi connectivity index (χ2n) is 4.44. The standard InChI is InChI=1S/C12H16N2O/c1-12(2,8-15-13)10-5-3-4-9-6-7-14-11(9)10/h3-7,14H,8,13H2,1-2H3. The average molecular weight is 204 g/mol. The number of nitrogens with two attached hydrogens (primary N) is 1. The Morgan fingerprint density at radius 1 is 1.33 bits per heavy atom. The van der Waals surface area contributed by atoms with Gasteiger partial charge in [0.1, 0.15) is 0 Å². The molecule has 1 aromatic carbocycles. The van der Waals surface area contributed by atoms with Crippen LogP contribution in [0.15, 0.2) is 30.5 Å². The van der Waals surface area contributed by atoms with Crippen LogP contribution in [0.4, 0.5) is 0 Å². The number of aromatic amines is 1. The van der Waals surface area contributed by atoms with Crippen LogP contribution in [-0.4, -0.2) is 11.6 Å². The largest absolute Gasteiger partial charge is 0.361 e. The molecule has 1 heterocycles. The van der Waals surface area contributed by atoms with Crippen LogP contribution in [0.25, 0.3) is 10.9 Å². The van der Waals surface area contributed by atoms with Crippen molar-refractivity contribution in [2.24, 2.45) is 5.90 Å². The molecule has 3 N–H and O–H groups in total. The van der Waals surface area contributed by atoms with Crippen molar-refractivity contribution >= 4 is 10.9 Å². The molecule has 0 bridgehead atoms. The van der Waals surface area contributed by atoms with E-state index in [0.717, 1.165) is 0 Å². The number of rotatable bonds is 3. The highest BCUT2D eigenvalue weighted by Crippen LogP contribution is 2.29. The predicted molar refractivity (Wildman–Crippen MR) is 61.5 cm³/mol. The van der Waals surface area contributed by atoms with Crippen LogP contribution in [0.3, 0.4) is 0 Å². The van der Waals surface area contributed by atoms with Gasteiger partial charge in [-0.3, -0.25) is 0 Å². The van der Waals surface area contributed by atoms with Crippen LogP contribution in [0.2, 0.25) is 0 Å². The Morgan fingerprint density at radius 3 is 2.87 bits per heavy atom. The zero-order valence-corrected chi connectivity index (χ0v) is 9.08. The molecular formula is C12H16N2O. The molecule has 3 nitrogen and oxygen atoms in total. The van der Waals surface area contributed by atoms with Crippen LogP contribution in [0, 0.1) is 0 Å². The minimum atomic E-state index is -0.0842. The summed E-state index contributed by atoms with van der Waals surface area (Å²) in [5.74, 6) is 5.16. The summed E-state index contributed by atoms with van der Waals surface area (Å²) < 4.78 is 0. The predicted octanol–water partition coefficient (Wildman–Crippen LogP) is 2.34. The zero-order valence-electron chi connectivity index (χ0n) is 9.08. The Labute approximate surface area is 89.2 Å². The number of para-hydroxylation sites is 1. The zero-order chi connectivity index (χ0) is 10.9. The normalized spacial score (nSPS) is 12.2. The molecular weight excluding hydrogens is 188 g/mol. The van der Waals surface area contributed by atoms with Crippen molar-refractivity contribution in [2.45, 2.75) is 19.3 Å². The highest BCUT2D eigenvalue weighted by Gasteiger charge is 2.23. The Kier molecular flexibility index (Phi) is 2.50. The van der Waals surface area contributed by atoms with Gasteiger partial charge in [0, 0.05) is 17.1 Å². The molecule has 2 aromatic rings. The molecule has 0 amide bonds. The number of nitrogens with one attached hydrogen (secondary N) is 1. The van der Waals surface area contributed by atoms with Gasteiger partial charge in [-0.2, -0.15) is 0 Å². The fraction of sp³-hybridized carbons (Fsp3) is 0.333. The first kappa shape index (κ1) is 10.2. The van der Waals surface area contributed by atoms with E-state index in [9.17, 15) is 0 Å². The highest BCUT2D eigenvalue weighted by atomic mass is 16.6. The molecule has 80 valence electrons. The van der Waals surface area contributed by atoms with Crippen molar-refractivity contribution in [3.05, 3.63) is 36.0 Å². The maximum atomic E-state index is 5.16. The van der Waals surface area contributed by atoms with Crippen molar-refractivity contribution in [1.29, 1.82) is 0 Å². The first-order valence-electron chi connectivity index (χ1n) is 5.03. The van der Waals surface area contributed by atoms with E-state index in [1.54, 1.807) is 0 Å². The molecule has 1 aromatic heterocycles. The third kappa shape index (κ3) is 1.76. The average Bonchev–Trinajstić information content (AvgIpc) is 2.64. The molecule has 2 rings (SSSR count). The van der Waals surface area contributed by atoms with Gasteiger partial charge in [-0.1, -0.05) is 32.0 Å². The molecule has 0 aliphatic carbocycles. The topological polar surface area (TPSA) is 51.0 Å². The summed E-state index contributed by atoms with van der Waals surface area (Å²) in [5.41, 5.74) is 2.31. The fourth-order valence-electron chi connectivity index (χ4n) is 1.93. The van der Waals surface area contributed by atoms with Crippen LogP contribution in [-0.2, 0) is 10.3 Å². The first-order chi connectivity index (χ1) is 7.15. The van der Waals surface area contributed by atoms with E-state index in [4.69, 9.17) is 10.7 Å². The molecule has 0 aliphatic heterocycles. The lowest BCUT2D eigenvalue weighted by Crippen LogP contribution is -2.26. The third-order valence-corrected chi connectivity index (χ3v) is 2.76. The van der Waals surface area contributed by atoms with Gasteiger partial charge in [-0.25, -0.2) is 5.90 Å². The van der Waals surface area contributed by atoms with Gasteiger partial charge in [-0.15, -0.1) is 0 Å². The molecule has 3 heteroatoms. The van der Waals surface area contributed by atoms with Gasteiger partial charge in [0.05, 0.1) is 6.61 Å². The fourth-order valence-corrected chi connectivity index (χ4v) is 1.93. The monoisotopic (exact) mass is 204 g/mol. The minimum absolute atomic E-state index is 0.0842. The third-order valence-electron chi connectivity index (χ3n) is 2.76. The van der Waals surface area contributed by atoms with Crippen molar-refractivity contribution in [3.63, 3.8) is 0 Å². The molecule has 15 heavy (non-hydrogen) atoms. The van der Waals surface area contributed by atoms with E-state index in [-0.39, 0.29) is 5.41 Å². The van der Waals surface area contributed by atoms with E-state index in [1.165, 1.54) is 16.5 Å². The van der Waals surface area contributed by atoms with E-state index < -0.39 is 0 Å². The number of H-pyrrole nitrogens is 1. The van der Waals surface area contributed by atoms with Gasteiger partial charge in [-0.05, 0) is 17.0 Å². The molecule has 0 atom stereocenters. The van der Waals surface area contributed by atoms with Crippen molar-refractivity contribution in [2.75, 3.05) is 6.61 Å². The van der Waals surface area contributed by atoms with Gasteiger partial charge < -0.3 is 9.82 Å². The molecule has 0 aliphatic rings. The Morgan fingerprint density at radius 2 is 2.13 bits per heavy atom. The van der Waals surface area contributed by atoms with E-state index in [1.807, 2.05) is 6.20 Å². The highest BCUT2D eigenvalue weighted by molar-refractivity contribution is 5.83. The second kappa shape index (κ2) is 3.68. The Balaban J connectivity index is 2.55. The van der Waals surface area contributed by atoms with Gasteiger partial charge >= 0.3 is 0 Å². The molecule has 0 radical (unpaired) electrons.